The zero-order valence-corrected chi connectivity index (χ0v) is 7.31. The summed E-state index contributed by atoms with van der Waals surface area (Å²) in [6.45, 7) is 0. The van der Waals surface area contributed by atoms with Gasteiger partial charge >= 0.3 is 6.18 Å². The van der Waals surface area contributed by atoms with Gasteiger partial charge in [0, 0.05) is 12.4 Å². The van der Waals surface area contributed by atoms with Gasteiger partial charge in [-0.1, -0.05) is 0 Å². The Morgan fingerprint density at radius 3 is 2.40 bits per heavy atom. The third kappa shape index (κ3) is 1.95. The Hall–Kier alpha value is -1.92. The van der Waals surface area contributed by atoms with Crippen molar-refractivity contribution in [2.75, 3.05) is 0 Å². The standard InChI is InChI=1S/C8H5F3N4/c9-8(10,11)6-4-13-7(5-12-6)15-3-1-2-14-15/h1-5H. The first-order valence-electron chi connectivity index (χ1n) is 3.96. The maximum Gasteiger partial charge on any atom is 0.434 e. The van der Waals surface area contributed by atoms with Crippen LogP contribution in [0.5, 0.6) is 0 Å². The van der Waals surface area contributed by atoms with Crippen LogP contribution in [0.2, 0.25) is 0 Å². The largest absolute Gasteiger partial charge is 0.434 e. The molecule has 0 spiro atoms. The zero-order chi connectivity index (χ0) is 10.9. The molecule has 2 heterocycles. The summed E-state index contributed by atoms with van der Waals surface area (Å²) >= 11 is 0. The summed E-state index contributed by atoms with van der Waals surface area (Å²) < 4.78 is 37.7. The molecule has 15 heavy (non-hydrogen) atoms. The molecule has 0 unspecified atom stereocenters. The van der Waals surface area contributed by atoms with Crippen LogP contribution >= 0.6 is 0 Å². The Bertz CT molecular complexity index is 432. The van der Waals surface area contributed by atoms with E-state index in [1.165, 1.54) is 10.9 Å². The summed E-state index contributed by atoms with van der Waals surface area (Å²) in [7, 11) is 0. The van der Waals surface area contributed by atoms with E-state index in [-0.39, 0.29) is 5.82 Å². The topological polar surface area (TPSA) is 43.6 Å². The summed E-state index contributed by atoms with van der Waals surface area (Å²) in [6, 6.07) is 1.64. The molecule has 2 aromatic rings. The van der Waals surface area contributed by atoms with Gasteiger partial charge in [-0.15, -0.1) is 0 Å². The lowest BCUT2D eigenvalue weighted by molar-refractivity contribution is -0.141. The minimum absolute atomic E-state index is 0.244. The Kier molecular flexibility index (Phi) is 2.14. The first-order valence-corrected chi connectivity index (χ1v) is 3.96. The summed E-state index contributed by atoms with van der Waals surface area (Å²) in [6.07, 6.45) is 0.305. The van der Waals surface area contributed by atoms with E-state index < -0.39 is 11.9 Å². The minimum Gasteiger partial charge on any atom is -0.246 e. The molecule has 0 aromatic carbocycles. The molecule has 78 valence electrons. The first kappa shape index (κ1) is 9.63. The van der Waals surface area contributed by atoms with Gasteiger partial charge in [0.2, 0.25) is 0 Å². The fourth-order valence-corrected chi connectivity index (χ4v) is 0.990. The van der Waals surface area contributed by atoms with Crippen molar-refractivity contribution in [3.05, 3.63) is 36.5 Å². The first-order chi connectivity index (χ1) is 7.07. The van der Waals surface area contributed by atoms with Crippen LogP contribution in [0.15, 0.2) is 30.9 Å². The molecule has 7 heteroatoms. The van der Waals surface area contributed by atoms with Gasteiger partial charge in [0.25, 0.3) is 0 Å². The monoisotopic (exact) mass is 214 g/mol. The van der Waals surface area contributed by atoms with E-state index in [0.29, 0.717) is 6.20 Å². The highest BCUT2D eigenvalue weighted by Gasteiger charge is 2.32. The van der Waals surface area contributed by atoms with E-state index in [2.05, 4.69) is 15.1 Å². The molecule has 0 amide bonds. The van der Waals surface area contributed by atoms with Crippen LogP contribution in [0.4, 0.5) is 13.2 Å². The van der Waals surface area contributed by atoms with Crippen LogP contribution in [0.3, 0.4) is 0 Å². The molecule has 0 saturated carbocycles. The number of rotatable bonds is 1. The summed E-state index contributed by atoms with van der Waals surface area (Å²) in [5, 5.41) is 3.81. The summed E-state index contributed by atoms with van der Waals surface area (Å²) in [5.74, 6) is 0.244. The smallest absolute Gasteiger partial charge is 0.246 e. The zero-order valence-electron chi connectivity index (χ0n) is 7.31. The lowest BCUT2D eigenvalue weighted by Crippen LogP contribution is -2.09. The normalized spacial score (nSPS) is 11.7. The second-order valence-corrected chi connectivity index (χ2v) is 2.71. The average molecular weight is 214 g/mol. The molecule has 2 aromatic heterocycles. The van der Waals surface area contributed by atoms with Gasteiger partial charge in [0.15, 0.2) is 11.5 Å². The molecule has 0 N–H and O–H groups in total. The van der Waals surface area contributed by atoms with Crippen LogP contribution in [0, 0.1) is 0 Å². The molecule has 0 radical (unpaired) electrons. The van der Waals surface area contributed by atoms with Crippen LogP contribution in [-0.4, -0.2) is 19.7 Å². The van der Waals surface area contributed by atoms with Crippen molar-refractivity contribution in [1.29, 1.82) is 0 Å². The van der Waals surface area contributed by atoms with Crippen molar-refractivity contribution >= 4 is 0 Å². The van der Waals surface area contributed by atoms with Crippen molar-refractivity contribution < 1.29 is 13.2 Å². The van der Waals surface area contributed by atoms with Gasteiger partial charge in [-0.25, -0.2) is 14.6 Å². The summed E-state index contributed by atoms with van der Waals surface area (Å²) in [5.41, 5.74) is -1.02. The van der Waals surface area contributed by atoms with Crippen LogP contribution < -0.4 is 0 Å². The molecule has 4 nitrogen and oxygen atoms in total. The molecule has 0 atom stereocenters. The van der Waals surface area contributed by atoms with E-state index in [9.17, 15) is 13.2 Å². The lowest BCUT2D eigenvalue weighted by Gasteiger charge is -2.05. The SMILES string of the molecule is FC(F)(F)c1cnc(-n2cccn2)cn1. The van der Waals surface area contributed by atoms with Crippen LogP contribution in [0.1, 0.15) is 5.69 Å². The number of halogens is 3. The van der Waals surface area contributed by atoms with Crippen LogP contribution in [-0.2, 0) is 6.18 Å². The van der Waals surface area contributed by atoms with Gasteiger partial charge in [-0.05, 0) is 6.07 Å². The van der Waals surface area contributed by atoms with Gasteiger partial charge in [0.1, 0.15) is 0 Å². The van der Waals surface area contributed by atoms with E-state index in [1.807, 2.05) is 0 Å². The molecule has 2 rings (SSSR count). The lowest BCUT2D eigenvalue weighted by atomic mass is 10.4. The minimum atomic E-state index is -4.46. The second kappa shape index (κ2) is 3.34. The highest BCUT2D eigenvalue weighted by Crippen LogP contribution is 2.26. The molecule has 0 aliphatic carbocycles. The van der Waals surface area contributed by atoms with Crippen molar-refractivity contribution in [2.45, 2.75) is 6.18 Å². The van der Waals surface area contributed by atoms with E-state index in [0.717, 1.165) is 6.20 Å². The average Bonchev–Trinajstić information content (AvgIpc) is 2.69. The maximum absolute atomic E-state index is 12.1. The molecular weight excluding hydrogens is 209 g/mol. The molecule has 0 aliphatic rings. The number of nitrogens with zero attached hydrogens (tertiary/aromatic N) is 4. The Balaban J connectivity index is 2.33. The summed E-state index contributed by atoms with van der Waals surface area (Å²) in [4.78, 5) is 6.86. The Morgan fingerprint density at radius 2 is 1.93 bits per heavy atom. The predicted octanol–water partition coefficient (Wildman–Crippen LogP) is 1.68. The van der Waals surface area contributed by atoms with E-state index >= 15 is 0 Å². The van der Waals surface area contributed by atoms with Gasteiger partial charge < -0.3 is 0 Å². The fourth-order valence-electron chi connectivity index (χ4n) is 0.990. The third-order valence-corrected chi connectivity index (χ3v) is 1.67. The maximum atomic E-state index is 12.1. The molecule has 0 fully saturated rings. The number of aromatic nitrogens is 4. The number of hydrogen-bond donors (Lipinski definition) is 0. The Labute approximate surface area is 82.4 Å². The Morgan fingerprint density at radius 1 is 1.13 bits per heavy atom. The van der Waals surface area contributed by atoms with Crippen LogP contribution in [0.25, 0.3) is 5.82 Å². The molecular formula is C8H5F3N4. The number of hydrogen-bond acceptors (Lipinski definition) is 3. The van der Waals surface area contributed by atoms with Crippen molar-refractivity contribution in [2.24, 2.45) is 0 Å². The fraction of sp³-hybridized carbons (Fsp3) is 0.125. The number of alkyl halides is 3. The van der Waals surface area contributed by atoms with Gasteiger partial charge in [-0.3, -0.25) is 0 Å². The van der Waals surface area contributed by atoms with E-state index in [1.54, 1.807) is 12.3 Å². The van der Waals surface area contributed by atoms with Gasteiger partial charge in [0.05, 0.1) is 12.4 Å². The quantitative estimate of drug-likeness (QED) is 0.725. The molecule has 0 bridgehead atoms. The van der Waals surface area contributed by atoms with Crippen molar-refractivity contribution in [3.63, 3.8) is 0 Å². The molecule has 0 aliphatic heterocycles. The van der Waals surface area contributed by atoms with Gasteiger partial charge in [-0.2, -0.15) is 18.3 Å². The van der Waals surface area contributed by atoms with E-state index in [4.69, 9.17) is 0 Å². The van der Waals surface area contributed by atoms with Crippen molar-refractivity contribution in [1.82, 2.24) is 19.7 Å². The third-order valence-electron chi connectivity index (χ3n) is 1.67. The highest BCUT2D eigenvalue weighted by atomic mass is 19.4. The molecule has 0 saturated heterocycles. The second-order valence-electron chi connectivity index (χ2n) is 2.71. The highest BCUT2D eigenvalue weighted by molar-refractivity contribution is 5.18. The van der Waals surface area contributed by atoms with Crippen molar-refractivity contribution in [3.8, 4) is 5.82 Å². The predicted molar refractivity (Wildman–Crippen MR) is 44.2 cm³/mol.